The van der Waals surface area contributed by atoms with E-state index >= 15 is 0 Å². The zero-order chi connectivity index (χ0) is 14.7. The smallest absolute Gasteiger partial charge is 0.219 e. The highest BCUT2D eigenvalue weighted by molar-refractivity contribution is 5.95. The minimum Gasteiger partial charge on any atom is -0.472 e. The van der Waals surface area contributed by atoms with E-state index in [9.17, 15) is 4.39 Å². The maximum Gasteiger partial charge on any atom is 0.219 e. The Labute approximate surface area is 123 Å². The summed E-state index contributed by atoms with van der Waals surface area (Å²) in [4.78, 5) is 4.46. The molecule has 5 heteroatoms. The number of halogens is 1. The molecule has 4 nitrogen and oxygen atoms in total. The third-order valence-electron chi connectivity index (χ3n) is 3.82. The third kappa shape index (κ3) is 3.41. The summed E-state index contributed by atoms with van der Waals surface area (Å²) in [5.74, 6) is 0.0411. The van der Waals surface area contributed by atoms with Gasteiger partial charge in [0, 0.05) is 6.61 Å². The van der Waals surface area contributed by atoms with Crippen molar-refractivity contribution in [3.8, 4) is 0 Å². The molecule has 3 atom stereocenters. The predicted octanol–water partition coefficient (Wildman–Crippen LogP) is 2.90. The number of hydrogen-bond donors (Lipinski definition) is 0. The van der Waals surface area contributed by atoms with E-state index in [1.165, 1.54) is 6.07 Å². The van der Waals surface area contributed by atoms with Gasteiger partial charge in [0.15, 0.2) is 6.29 Å². The third-order valence-corrected chi connectivity index (χ3v) is 3.82. The summed E-state index contributed by atoms with van der Waals surface area (Å²) in [6.07, 6.45) is 2.89. The van der Waals surface area contributed by atoms with E-state index in [1.807, 2.05) is 6.92 Å². The summed E-state index contributed by atoms with van der Waals surface area (Å²) >= 11 is 0. The Balaban J connectivity index is 1.62. The van der Waals surface area contributed by atoms with E-state index in [2.05, 4.69) is 4.99 Å². The van der Waals surface area contributed by atoms with Crippen LogP contribution in [0.4, 0.5) is 4.39 Å². The van der Waals surface area contributed by atoms with Gasteiger partial charge in [-0.3, -0.25) is 0 Å². The number of rotatable bonds is 4. The zero-order valence-electron chi connectivity index (χ0n) is 12.1. The Kier molecular flexibility index (Phi) is 4.51. The molecule has 0 amide bonds. The average molecular weight is 293 g/mol. The molecule has 1 aromatic rings. The van der Waals surface area contributed by atoms with Gasteiger partial charge in [0.1, 0.15) is 18.0 Å². The van der Waals surface area contributed by atoms with Crippen LogP contribution in [0.25, 0.3) is 0 Å². The Bertz CT molecular complexity index is 514. The molecule has 2 heterocycles. The fourth-order valence-corrected chi connectivity index (χ4v) is 2.53. The van der Waals surface area contributed by atoms with E-state index in [1.54, 1.807) is 18.2 Å². The molecular weight excluding hydrogens is 273 g/mol. The van der Waals surface area contributed by atoms with Gasteiger partial charge in [0.25, 0.3) is 0 Å². The van der Waals surface area contributed by atoms with Crippen LogP contribution in [0, 0.1) is 5.82 Å². The van der Waals surface area contributed by atoms with E-state index in [4.69, 9.17) is 14.2 Å². The van der Waals surface area contributed by atoms with Crippen LogP contribution < -0.4 is 0 Å². The molecule has 0 N–H and O–H groups in total. The van der Waals surface area contributed by atoms with Gasteiger partial charge in [-0.25, -0.2) is 9.38 Å². The molecule has 0 aromatic heterocycles. The van der Waals surface area contributed by atoms with Crippen molar-refractivity contribution in [2.75, 3.05) is 13.2 Å². The van der Waals surface area contributed by atoms with E-state index in [0.717, 1.165) is 25.9 Å². The second kappa shape index (κ2) is 6.54. The van der Waals surface area contributed by atoms with Crippen LogP contribution in [-0.4, -0.2) is 37.5 Å². The number of aliphatic imine (C=N–C) groups is 1. The number of nitrogens with zero attached hydrogens (tertiary/aromatic N) is 1. The highest BCUT2D eigenvalue weighted by atomic mass is 19.1. The second-order valence-corrected chi connectivity index (χ2v) is 5.43. The summed E-state index contributed by atoms with van der Waals surface area (Å²) in [5, 5.41) is 0. The van der Waals surface area contributed by atoms with Crippen molar-refractivity contribution in [1.82, 2.24) is 0 Å². The molecular formula is C16H20FNO3. The predicted molar refractivity (Wildman–Crippen MR) is 76.8 cm³/mol. The number of ether oxygens (including phenoxy) is 3. The van der Waals surface area contributed by atoms with Gasteiger partial charge in [0.2, 0.25) is 5.90 Å². The van der Waals surface area contributed by atoms with Crippen molar-refractivity contribution in [3.63, 3.8) is 0 Å². The molecule has 0 radical (unpaired) electrons. The van der Waals surface area contributed by atoms with Gasteiger partial charge in [-0.2, -0.15) is 0 Å². The lowest BCUT2D eigenvalue weighted by atomic mass is 10.2. The van der Waals surface area contributed by atoms with Gasteiger partial charge in [-0.1, -0.05) is 12.1 Å². The molecule has 3 rings (SSSR count). The molecule has 1 saturated heterocycles. The average Bonchev–Trinajstić information content (AvgIpc) is 2.88. The highest BCUT2D eigenvalue weighted by Crippen LogP contribution is 2.21. The first-order valence-corrected chi connectivity index (χ1v) is 7.46. The van der Waals surface area contributed by atoms with Crippen LogP contribution in [-0.2, 0) is 14.2 Å². The molecule has 1 unspecified atom stereocenters. The van der Waals surface area contributed by atoms with Gasteiger partial charge in [0.05, 0.1) is 12.2 Å². The second-order valence-electron chi connectivity index (χ2n) is 5.43. The van der Waals surface area contributed by atoms with Crippen molar-refractivity contribution in [2.45, 2.75) is 44.6 Å². The summed E-state index contributed by atoms with van der Waals surface area (Å²) in [7, 11) is 0. The van der Waals surface area contributed by atoms with Gasteiger partial charge < -0.3 is 14.2 Å². The van der Waals surface area contributed by atoms with Crippen LogP contribution in [0.2, 0.25) is 0 Å². The minimum absolute atomic E-state index is 0.120. The van der Waals surface area contributed by atoms with Gasteiger partial charge in [-0.05, 0) is 38.3 Å². The maximum atomic E-state index is 13.8. The van der Waals surface area contributed by atoms with Crippen molar-refractivity contribution in [1.29, 1.82) is 0 Å². The fraction of sp³-hybridized carbons (Fsp3) is 0.562. The van der Waals surface area contributed by atoms with Crippen molar-refractivity contribution < 1.29 is 18.6 Å². The molecule has 0 aliphatic carbocycles. The molecule has 0 spiro atoms. The Morgan fingerprint density at radius 3 is 2.95 bits per heavy atom. The summed E-state index contributed by atoms with van der Waals surface area (Å²) in [5.41, 5.74) is 0.403. The standard InChI is InChI=1S/C16H20FNO3/c1-11-14(10-20-15-8-4-5-9-19-15)18-16(21-11)12-6-2-3-7-13(12)17/h2-3,6-7,11,14-15H,4-5,8-10H2,1H3/t11-,14-,15?/m1/s1. The van der Waals surface area contributed by atoms with Crippen molar-refractivity contribution >= 4 is 5.90 Å². The lowest BCUT2D eigenvalue weighted by Gasteiger charge is -2.24. The Hall–Kier alpha value is -1.46. The monoisotopic (exact) mass is 293 g/mol. The first kappa shape index (κ1) is 14.5. The first-order valence-electron chi connectivity index (χ1n) is 7.46. The quantitative estimate of drug-likeness (QED) is 0.857. The Morgan fingerprint density at radius 1 is 1.33 bits per heavy atom. The number of hydrogen-bond acceptors (Lipinski definition) is 4. The summed E-state index contributed by atoms with van der Waals surface area (Å²) < 4.78 is 30.7. The zero-order valence-corrected chi connectivity index (χ0v) is 12.1. The van der Waals surface area contributed by atoms with E-state index in [-0.39, 0.29) is 24.3 Å². The van der Waals surface area contributed by atoms with Crippen molar-refractivity contribution in [3.05, 3.63) is 35.6 Å². The minimum atomic E-state index is -0.319. The molecule has 1 aromatic carbocycles. The van der Waals surface area contributed by atoms with Gasteiger partial charge >= 0.3 is 0 Å². The molecule has 2 aliphatic rings. The largest absolute Gasteiger partial charge is 0.472 e. The van der Waals surface area contributed by atoms with Crippen LogP contribution in [0.15, 0.2) is 29.3 Å². The SMILES string of the molecule is C[C@H]1OC(c2ccccc2F)=N[C@@H]1COC1CCCCO1. The normalized spacial score (nSPS) is 29.0. The van der Waals surface area contributed by atoms with Crippen LogP contribution in [0.5, 0.6) is 0 Å². The molecule has 114 valence electrons. The van der Waals surface area contributed by atoms with Crippen LogP contribution in [0.1, 0.15) is 31.7 Å². The Morgan fingerprint density at radius 2 is 2.19 bits per heavy atom. The lowest BCUT2D eigenvalue weighted by Crippen LogP contribution is -2.30. The van der Waals surface area contributed by atoms with Crippen molar-refractivity contribution in [2.24, 2.45) is 4.99 Å². The summed E-state index contributed by atoms with van der Waals surface area (Å²) in [6, 6.07) is 6.39. The molecule has 0 saturated carbocycles. The highest BCUT2D eigenvalue weighted by Gasteiger charge is 2.30. The molecule has 21 heavy (non-hydrogen) atoms. The summed E-state index contributed by atoms with van der Waals surface area (Å²) in [6.45, 7) is 3.11. The van der Waals surface area contributed by atoms with E-state index < -0.39 is 0 Å². The van der Waals surface area contributed by atoms with Crippen LogP contribution in [0.3, 0.4) is 0 Å². The molecule has 0 bridgehead atoms. The first-order chi connectivity index (χ1) is 10.2. The fourth-order valence-electron chi connectivity index (χ4n) is 2.53. The number of benzene rings is 1. The lowest BCUT2D eigenvalue weighted by molar-refractivity contribution is -0.166. The molecule has 2 aliphatic heterocycles. The van der Waals surface area contributed by atoms with E-state index in [0.29, 0.717) is 18.1 Å². The molecule has 1 fully saturated rings. The van der Waals surface area contributed by atoms with Crippen LogP contribution >= 0.6 is 0 Å². The topological polar surface area (TPSA) is 40.0 Å². The van der Waals surface area contributed by atoms with Gasteiger partial charge in [-0.15, -0.1) is 0 Å². The maximum absolute atomic E-state index is 13.8.